The van der Waals surface area contributed by atoms with Gasteiger partial charge < -0.3 is 15.4 Å². The molecule has 1 aliphatic heterocycles. The van der Waals surface area contributed by atoms with Gasteiger partial charge in [-0.1, -0.05) is 38.5 Å². The topological polar surface area (TPSA) is 67.4 Å². The molecule has 0 aromatic heterocycles. The van der Waals surface area contributed by atoms with Crippen molar-refractivity contribution in [2.75, 3.05) is 13.2 Å². The molecule has 0 unspecified atom stereocenters. The molecule has 132 valence electrons. The van der Waals surface area contributed by atoms with Crippen molar-refractivity contribution in [1.29, 1.82) is 0 Å². The first-order valence-electron chi connectivity index (χ1n) is 8.46. The van der Waals surface area contributed by atoms with Crippen LogP contribution in [0.15, 0.2) is 12.1 Å². The van der Waals surface area contributed by atoms with Crippen LogP contribution in [-0.4, -0.2) is 25.0 Å². The Balaban J connectivity index is 1.95. The fraction of sp³-hybridized carbons (Fsp3) is 0.579. The van der Waals surface area contributed by atoms with E-state index in [4.69, 9.17) is 4.74 Å². The highest BCUT2D eigenvalue weighted by atomic mass is 16.5. The summed E-state index contributed by atoms with van der Waals surface area (Å²) in [5.41, 5.74) is 3.17. The number of hydrogen-bond donors (Lipinski definition) is 2. The molecular weight excluding hydrogens is 304 g/mol. The largest absolute Gasteiger partial charge is 0.493 e. The normalized spacial score (nSPS) is 16.8. The van der Waals surface area contributed by atoms with Crippen LogP contribution in [-0.2, 0) is 9.59 Å². The third-order valence-electron chi connectivity index (χ3n) is 3.95. The molecule has 2 amide bonds. The van der Waals surface area contributed by atoms with Gasteiger partial charge in [0.25, 0.3) is 0 Å². The molecule has 1 heterocycles. The summed E-state index contributed by atoms with van der Waals surface area (Å²) in [7, 11) is 0. The third kappa shape index (κ3) is 4.98. The van der Waals surface area contributed by atoms with E-state index >= 15 is 0 Å². The predicted octanol–water partition coefficient (Wildman–Crippen LogP) is 2.80. The van der Waals surface area contributed by atoms with E-state index < -0.39 is 0 Å². The molecule has 0 saturated heterocycles. The van der Waals surface area contributed by atoms with Gasteiger partial charge in [0, 0.05) is 18.4 Å². The van der Waals surface area contributed by atoms with Crippen molar-refractivity contribution in [3.8, 4) is 5.75 Å². The second-order valence-electron chi connectivity index (χ2n) is 7.77. The van der Waals surface area contributed by atoms with Crippen molar-refractivity contribution < 1.29 is 14.3 Å². The Bertz CT molecular complexity index is 632. The van der Waals surface area contributed by atoms with Crippen LogP contribution in [0.2, 0.25) is 0 Å². The molecule has 0 saturated carbocycles. The fourth-order valence-corrected chi connectivity index (χ4v) is 3.00. The molecule has 0 spiro atoms. The lowest BCUT2D eigenvalue weighted by Crippen LogP contribution is -2.40. The number of ether oxygens (including phenoxy) is 1. The van der Waals surface area contributed by atoms with Crippen molar-refractivity contribution in [2.24, 2.45) is 5.41 Å². The van der Waals surface area contributed by atoms with Gasteiger partial charge in [-0.3, -0.25) is 9.59 Å². The Kier molecular flexibility index (Phi) is 5.52. The minimum atomic E-state index is -0.172. The van der Waals surface area contributed by atoms with Crippen molar-refractivity contribution in [2.45, 2.75) is 53.5 Å². The van der Waals surface area contributed by atoms with Gasteiger partial charge in [-0.15, -0.1) is 0 Å². The maximum Gasteiger partial charge on any atom is 0.239 e. The van der Waals surface area contributed by atoms with E-state index in [1.807, 2.05) is 34.6 Å². The molecule has 0 radical (unpaired) electrons. The van der Waals surface area contributed by atoms with Crippen LogP contribution < -0.4 is 15.4 Å². The Labute approximate surface area is 144 Å². The fourth-order valence-electron chi connectivity index (χ4n) is 3.00. The molecule has 2 N–H and O–H groups in total. The van der Waals surface area contributed by atoms with E-state index in [1.165, 1.54) is 0 Å². The number of amides is 2. The number of carbonyl (C=O) groups is 2. The van der Waals surface area contributed by atoms with Crippen LogP contribution in [0.25, 0.3) is 0 Å². The van der Waals surface area contributed by atoms with E-state index in [9.17, 15) is 9.59 Å². The Hall–Kier alpha value is -2.04. The molecule has 1 aliphatic rings. The van der Waals surface area contributed by atoms with Crippen LogP contribution in [0.5, 0.6) is 5.75 Å². The lowest BCUT2D eigenvalue weighted by molar-refractivity contribution is -0.127. The number of carbonyl (C=O) groups excluding carboxylic acids is 2. The average Bonchev–Trinajstić information content (AvgIpc) is 2.44. The van der Waals surface area contributed by atoms with Gasteiger partial charge in [0.05, 0.1) is 19.2 Å². The third-order valence-corrected chi connectivity index (χ3v) is 3.95. The number of benzene rings is 1. The molecule has 1 aromatic rings. The van der Waals surface area contributed by atoms with Gasteiger partial charge in [-0.2, -0.15) is 0 Å². The summed E-state index contributed by atoms with van der Waals surface area (Å²) >= 11 is 0. The SMILES string of the molecule is Cc1cc(C)c2c(c1)[C@@H](NC(=O)CNC(=O)CC(C)(C)C)CCO2. The molecule has 5 nitrogen and oxygen atoms in total. The lowest BCUT2D eigenvalue weighted by atomic mass is 9.92. The number of aryl methyl sites for hydroxylation is 2. The van der Waals surface area contributed by atoms with Crippen LogP contribution in [0.3, 0.4) is 0 Å². The van der Waals surface area contributed by atoms with E-state index in [0.29, 0.717) is 13.0 Å². The number of fused-ring (bicyclic) bond motifs is 1. The minimum Gasteiger partial charge on any atom is -0.493 e. The first kappa shape index (κ1) is 18.3. The van der Waals surface area contributed by atoms with Gasteiger partial charge in [0.15, 0.2) is 0 Å². The zero-order chi connectivity index (χ0) is 17.9. The highest BCUT2D eigenvalue weighted by Crippen LogP contribution is 2.35. The van der Waals surface area contributed by atoms with E-state index in [1.54, 1.807) is 0 Å². The van der Waals surface area contributed by atoms with Crippen LogP contribution >= 0.6 is 0 Å². The summed E-state index contributed by atoms with van der Waals surface area (Å²) in [4.78, 5) is 24.0. The zero-order valence-electron chi connectivity index (χ0n) is 15.3. The van der Waals surface area contributed by atoms with Gasteiger partial charge in [-0.05, 0) is 24.8 Å². The molecular formula is C19H28N2O3. The monoisotopic (exact) mass is 332 g/mol. The van der Waals surface area contributed by atoms with Crippen molar-refractivity contribution in [1.82, 2.24) is 10.6 Å². The van der Waals surface area contributed by atoms with Gasteiger partial charge >= 0.3 is 0 Å². The van der Waals surface area contributed by atoms with Crippen molar-refractivity contribution in [3.05, 3.63) is 28.8 Å². The number of nitrogens with one attached hydrogen (secondary N) is 2. The predicted molar refractivity (Wildman–Crippen MR) is 94.0 cm³/mol. The van der Waals surface area contributed by atoms with Crippen LogP contribution in [0.4, 0.5) is 0 Å². The smallest absolute Gasteiger partial charge is 0.239 e. The summed E-state index contributed by atoms with van der Waals surface area (Å²) in [6, 6.07) is 4.07. The molecule has 24 heavy (non-hydrogen) atoms. The van der Waals surface area contributed by atoms with E-state index in [-0.39, 0.29) is 29.8 Å². The number of rotatable bonds is 4. The molecule has 1 atom stereocenters. The Morgan fingerprint density at radius 2 is 1.92 bits per heavy atom. The number of hydrogen-bond acceptors (Lipinski definition) is 3. The zero-order valence-corrected chi connectivity index (χ0v) is 15.3. The average molecular weight is 332 g/mol. The molecule has 1 aromatic carbocycles. The molecule has 0 aliphatic carbocycles. The van der Waals surface area contributed by atoms with Gasteiger partial charge in [-0.25, -0.2) is 0 Å². The summed E-state index contributed by atoms with van der Waals surface area (Å²) in [5, 5.41) is 5.71. The van der Waals surface area contributed by atoms with Crippen molar-refractivity contribution in [3.63, 3.8) is 0 Å². The molecule has 0 fully saturated rings. The molecule has 5 heteroatoms. The maximum atomic E-state index is 12.2. The van der Waals surface area contributed by atoms with E-state index in [0.717, 1.165) is 28.9 Å². The first-order valence-corrected chi connectivity index (χ1v) is 8.46. The molecule has 0 bridgehead atoms. The quantitative estimate of drug-likeness (QED) is 0.891. The molecule has 2 rings (SSSR count). The Morgan fingerprint density at radius 3 is 2.58 bits per heavy atom. The highest BCUT2D eigenvalue weighted by Gasteiger charge is 2.25. The van der Waals surface area contributed by atoms with Gasteiger partial charge in [0.1, 0.15) is 5.75 Å². The summed E-state index contributed by atoms with van der Waals surface area (Å²) < 4.78 is 5.75. The van der Waals surface area contributed by atoms with Crippen LogP contribution in [0.1, 0.15) is 56.3 Å². The van der Waals surface area contributed by atoms with Crippen molar-refractivity contribution >= 4 is 11.8 Å². The second kappa shape index (κ2) is 7.24. The summed E-state index contributed by atoms with van der Waals surface area (Å²) in [5.74, 6) is 0.597. The minimum absolute atomic E-state index is 0.00635. The highest BCUT2D eigenvalue weighted by molar-refractivity contribution is 5.85. The summed E-state index contributed by atoms with van der Waals surface area (Å²) in [6.07, 6.45) is 1.14. The Morgan fingerprint density at radius 1 is 1.21 bits per heavy atom. The lowest BCUT2D eigenvalue weighted by Gasteiger charge is -2.28. The second-order valence-corrected chi connectivity index (χ2v) is 7.77. The van der Waals surface area contributed by atoms with Gasteiger partial charge in [0.2, 0.25) is 11.8 Å². The standard InChI is InChI=1S/C19H28N2O3/c1-12-8-13(2)18-14(9-12)15(6-7-24-18)21-17(23)11-20-16(22)10-19(3,4)5/h8-9,15H,6-7,10-11H2,1-5H3,(H,20,22)(H,21,23)/t15-/m0/s1. The van der Waals surface area contributed by atoms with E-state index in [2.05, 4.69) is 22.8 Å². The first-order chi connectivity index (χ1) is 11.2. The van der Waals surface area contributed by atoms with Crippen LogP contribution in [0, 0.1) is 19.3 Å². The summed E-state index contributed by atoms with van der Waals surface area (Å²) in [6.45, 7) is 10.6. The maximum absolute atomic E-state index is 12.2.